The lowest BCUT2D eigenvalue weighted by Crippen LogP contribution is -2.36. The Morgan fingerprint density at radius 2 is 0.655 bits per heavy atom. The molecular weight excluding hydrogens is 1860 g/mol. The lowest BCUT2D eigenvalue weighted by molar-refractivity contribution is -0.302. The molecule has 22 nitrogen and oxygen atoms in total. The molecule has 7 heterocycles. The van der Waals surface area contributed by atoms with Gasteiger partial charge in [0.25, 0.3) is 5.89 Å². The monoisotopic (exact) mass is 1980 g/mol. The van der Waals surface area contributed by atoms with E-state index in [0.717, 1.165) is 46.4 Å². The highest BCUT2D eigenvalue weighted by Crippen LogP contribution is 2.46. The van der Waals surface area contributed by atoms with Crippen molar-refractivity contribution in [2.24, 2.45) is 52.0 Å². The molecule has 0 N–H and O–H groups in total. The SMILES string of the molecule is CC(C)(C)C(F)(F)OCc1coc(-c2ccccc2)n1.CC(C)(C)C(F)(F)OCc1nc(-c2ccccc2)oc1C(F)(F)F.CC(C)(C)C(F)(F)OCc1noc(-c2ccccc2)n1.Cc1ccc(-c2nc(COC(F)(F)C(C)(C)C)co2)cc1.Cc1oc(-c2ccccc2)nc1COC(F)(F)C(C)(C)C.Cn1ccc(COC(F)(F)C(C)(C)C)n1.Cn1nc(C2CC2)cc1COC(F)(F)C(C)(C)C. The van der Waals surface area contributed by atoms with Crippen LogP contribution in [0.25, 0.3) is 57.3 Å². The molecule has 0 aliphatic heterocycles. The quantitative estimate of drug-likeness (QED) is 0.0434. The smallest absolute Gasteiger partial charge is 0.444 e. The summed E-state index contributed by atoms with van der Waals surface area (Å²) in [6, 6.07) is 46.6. The van der Waals surface area contributed by atoms with E-state index in [4.69, 9.17) is 36.4 Å². The van der Waals surface area contributed by atoms with Gasteiger partial charge in [0.05, 0.1) is 94.6 Å². The Hall–Kier alpha value is -11.0. The van der Waals surface area contributed by atoms with Crippen molar-refractivity contribution in [3.63, 3.8) is 0 Å². The first-order valence-electron chi connectivity index (χ1n) is 44.0. The van der Waals surface area contributed by atoms with Crippen LogP contribution in [0.2, 0.25) is 0 Å². The topological polar surface area (TPSA) is 243 Å². The molecule has 7 aromatic heterocycles. The molecule has 5 aromatic carbocycles. The fourth-order valence-corrected chi connectivity index (χ4v) is 10.4. The van der Waals surface area contributed by atoms with Gasteiger partial charge in [-0.2, -0.15) is 89.8 Å². The van der Waals surface area contributed by atoms with Gasteiger partial charge in [-0.25, -0.2) is 19.9 Å². The summed E-state index contributed by atoms with van der Waals surface area (Å²) in [5, 5.41) is 11.9. The average Bonchev–Trinajstić information content (AvgIpc) is 1.65. The molecule has 0 saturated heterocycles. The summed E-state index contributed by atoms with van der Waals surface area (Å²) in [6.07, 6.45) is -21.1. The van der Waals surface area contributed by atoms with Crippen molar-refractivity contribution in [2.75, 3.05) is 0 Å². The minimum atomic E-state index is -4.87. The zero-order valence-electron chi connectivity index (χ0n) is 82.5. The Morgan fingerprint density at radius 3 is 1.01 bits per heavy atom. The molecule has 764 valence electrons. The van der Waals surface area contributed by atoms with Crippen molar-refractivity contribution in [2.45, 2.75) is 273 Å². The molecule has 0 atom stereocenters. The van der Waals surface area contributed by atoms with E-state index in [2.05, 4.69) is 59.2 Å². The Balaban J connectivity index is 0.000000221. The number of hydrogen-bond acceptors (Lipinski definition) is 20. The van der Waals surface area contributed by atoms with Crippen LogP contribution in [-0.4, -0.2) is 92.4 Å². The van der Waals surface area contributed by atoms with Gasteiger partial charge >= 0.3 is 48.9 Å². The summed E-state index contributed by atoms with van der Waals surface area (Å²) in [4.78, 5) is 20.3. The van der Waals surface area contributed by atoms with Gasteiger partial charge in [0.1, 0.15) is 47.7 Å². The second kappa shape index (κ2) is 46.2. The Kier molecular flexibility index (Phi) is 38.2. The van der Waals surface area contributed by atoms with Gasteiger partial charge in [0.15, 0.2) is 5.82 Å². The summed E-state index contributed by atoms with van der Waals surface area (Å²) in [6.45, 7) is 30.5. The van der Waals surface area contributed by atoms with E-state index in [1.165, 1.54) is 170 Å². The van der Waals surface area contributed by atoms with E-state index in [0.29, 0.717) is 63.4 Å². The van der Waals surface area contributed by atoms with E-state index in [9.17, 15) is 74.6 Å². The number of alkyl halides is 17. The van der Waals surface area contributed by atoms with Crippen LogP contribution in [0, 0.1) is 51.8 Å². The van der Waals surface area contributed by atoms with Gasteiger partial charge in [-0.3, -0.25) is 9.36 Å². The zero-order valence-corrected chi connectivity index (χ0v) is 82.5. The molecule has 1 fully saturated rings. The minimum Gasteiger partial charge on any atom is -0.444 e. The van der Waals surface area contributed by atoms with E-state index in [-0.39, 0.29) is 50.6 Å². The van der Waals surface area contributed by atoms with Crippen LogP contribution < -0.4 is 0 Å². The highest BCUT2D eigenvalue weighted by molar-refractivity contribution is 5.56. The third kappa shape index (κ3) is 34.2. The lowest BCUT2D eigenvalue weighted by atomic mass is 9.95. The molecule has 1 saturated carbocycles. The van der Waals surface area contributed by atoms with Crippen LogP contribution in [0.15, 0.2) is 199 Å². The first-order chi connectivity index (χ1) is 63.8. The predicted molar refractivity (Wildman–Crippen MR) is 485 cm³/mol. The number of ether oxygens (including phenoxy) is 7. The van der Waals surface area contributed by atoms with Crippen molar-refractivity contribution in [3.05, 3.63) is 239 Å². The van der Waals surface area contributed by atoms with Crippen molar-refractivity contribution in [3.8, 4) is 57.3 Å². The first-order valence-corrected chi connectivity index (χ1v) is 44.0. The zero-order chi connectivity index (χ0) is 104. The van der Waals surface area contributed by atoms with Crippen LogP contribution >= 0.6 is 0 Å². The highest BCUT2D eigenvalue weighted by atomic mass is 19.4. The van der Waals surface area contributed by atoms with E-state index in [1.54, 1.807) is 73.0 Å². The standard InChI is InChI=1S/C16H16F5NO2.2C16H19F2NO2.C15H17F2NO2.C14H16F2N2O2.C13H20F2N2O.C10H16F2N2O/c1-14(2,3)16(20,21)23-9-11-12(15(17,18)19)24-13(22-11)10-7-5-4-6-8-10;1-11-5-7-12(8-6-11)14-19-13(9-20-14)10-21-16(17,18)15(2,3)4;1-11-13(10-20-16(17,18)15(2,3)4)19-14(21-11)12-8-6-5-7-9-12;1-14(2,3)15(16,17)20-10-12-9-19-13(18-12)11-7-5-4-6-8-11;1-13(2,3)14(15,16)19-9-11-17-12(20-18-11)10-7-5-4-6-8-10;1-12(2,3)13(14,15)18-8-10-7-11(9-5-6-9)16-17(10)4;1-9(2,3)10(11,12)15-7-8-5-6-14(4)13-8/h4-8H,9H2,1-3H3;2*5-9H,10H2,1-4H3;4-9H,10H2,1-3H3;4-8H,9H2,1-3H3;7,9H,5-6,8H2,1-4H3;5-6H,7H2,1-4H3. The number of oxazole rings is 4. The summed E-state index contributed by atoms with van der Waals surface area (Å²) < 4.78 is 292. The number of nitrogens with zero attached hydrogens (tertiary/aromatic N) is 10. The minimum absolute atomic E-state index is 0.0905. The summed E-state index contributed by atoms with van der Waals surface area (Å²) >= 11 is 0. The molecule has 39 heteroatoms. The van der Waals surface area contributed by atoms with Gasteiger partial charge in [-0.05, 0) is 99.5 Å². The number of benzene rings is 5. The molecule has 1 aliphatic carbocycles. The Bertz CT molecular complexity index is 5610. The maximum absolute atomic E-state index is 13.8. The van der Waals surface area contributed by atoms with Crippen molar-refractivity contribution >= 4 is 0 Å². The van der Waals surface area contributed by atoms with E-state index in [1.807, 2.05) is 116 Å². The van der Waals surface area contributed by atoms with Crippen LogP contribution in [0.3, 0.4) is 0 Å². The van der Waals surface area contributed by atoms with Crippen molar-refractivity contribution in [1.29, 1.82) is 0 Å². The molecule has 0 bridgehead atoms. The van der Waals surface area contributed by atoms with Gasteiger partial charge in [-0.15, -0.1) is 0 Å². The number of rotatable bonds is 27. The average molecular weight is 1980 g/mol. The summed E-state index contributed by atoms with van der Waals surface area (Å²) in [7, 11) is 3.49. The van der Waals surface area contributed by atoms with Gasteiger partial charge < -0.3 is 55.3 Å². The van der Waals surface area contributed by atoms with Crippen LogP contribution in [0.1, 0.15) is 227 Å². The molecule has 1 aliphatic rings. The number of halogens is 17. The predicted octanol–water partition coefficient (Wildman–Crippen LogP) is 29.5. The summed E-state index contributed by atoms with van der Waals surface area (Å²) in [5.74, 6) is 0.830. The molecule has 139 heavy (non-hydrogen) atoms. The molecule has 0 spiro atoms. The third-order valence-corrected chi connectivity index (χ3v) is 20.4. The van der Waals surface area contributed by atoms with Gasteiger partial charge in [0.2, 0.25) is 29.3 Å². The van der Waals surface area contributed by atoms with E-state index < -0.39 is 112 Å². The Morgan fingerprint density at radius 1 is 0.331 bits per heavy atom. The number of aromatic nitrogens is 10. The second-order valence-corrected chi connectivity index (χ2v) is 39.8. The molecular formula is C100H123F17N10O12. The van der Waals surface area contributed by atoms with Gasteiger partial charge in [0, 0.05) is 54.0 Å². The first kappa shape index (κ1) is 115. The molecule has 0 radical (unpaired) electrons. The van der Waals surface area contributed by atoms with Crippen LogP contribution in [-0.2, 0) is 99.7 Å². The largest absolute Gasteiger partial charge is 0.451 e. The van der Waals surface area contributed by atoms with E-state index >= 15 is 0 Å². The highest BCUT2D eigenvalue weighted by Gasteiger charge is 2.51. The molecule has 0 amide bonds. The summed E-state index contributed by atoms with van der Waals surface area (Å²) in [5.41, 5.74) is -1.98. The second-order valence-electron chi connectivity index (χ2n) is 39.8. The van der Waals surface area contributed by atoms with Gasteiger partial charge in [-0.1, -0.05) is 241 Å². The molecule has 12 aromatic rings. The third-order valence-electron chi connectivity index (χ3n) is 20.4. The maximum Gasteiger partial charge on any atom is 0.451 e. The van der Waals surface area contributed by atoms with Crippen LogP contribution in [0.4, 0.5) is 74.6 Å². The van der Waals surface area contributed by atoms with Crippen molar-refractivity contribution in [1.82, 2.24) is 49.6 Å². The fourth-order valence-electron chi connectivity index (χ4n) is 10.4. The number of aryl methyl sites for hydroxylation is 4. The molecule has 13 rings (SSSR count). The fraction of sp³-hybridized carbons (Fsp3) is 0.500. The lowest BCUT2D eigenvalue weighted by Gasteiger charge is -2.29. The van der Waals surface area contributed by atoms with Crippen molar-refractivity contribution < 1.29 is 130 Å². The molecule has 0 unspecified atom stereocenters. The maximum atomic E-state index is 13.8. The normalized spacial score (nSPS) is 13.4. The Labute approximate surface area is 797 Å². The number of hydrogen-bond donors (Lipinski definition) is 0. The van der Waals surface area contributed by atoms with Crippen LogP contribution in [0.5, 0.6) is 0 Å².